The largest absolute Gasteiger partial charge is 0.392 e. The average molecular weight is 178 g/mol. The monoisotopic (exact) mass is 178 g/mol. The van der Waals surface area contributed by atoms with Gasteiger partial charge >= 0.3 is 0 Å². The molecule has 0 atom stereocenters. The van der Waals surface area contributed by atoms with Crippen molar-refractivity contribution in [1.82, 2.24) is 0 Å². The van der Waals surface area contributed by atoms with E-state index in [0.717, 1.165) is 11.1 Å². The molecule has 0 aliphatic rings. The Hall–Kier alpha value is -1.12. The fourth-order valence-electron chi connectivity index (χ4n) is 1.11. The molecule has 1 aromatic carbocycles. The molecule has 0 spiro atoms. The zero-order valence-corrected chi connectivity index (χ0v) is 7.70. The number of aryl methyl sites for hydroxylation is 1. The number of aliphatic hydroxyl groups is 2. The SMILES string of the molecule is Cc1ccccc1C=C(CO)CO. The van der Waals surface area contributed by atoms with Gasteiger partial charge in [0.25, 0.3) is 0 Å². The smallest absolute Gasteiger partial charge is 0.0667 e. The highest BCUT2D eigenvalue weighted by molar-refractivity contribution is 5.56. The lowest BCUT2D eigenvalue weighted by Gasteiger charge is -2.02. The number of aliphatic hydroxyl groups excluding tert-OH is 2. The molecule has 0 saturated heterocycles. The van der Waals surface area contributed by atoms with Crippen molar-refractivity contribution < 1.29 is 10.2 Å². The van der Waals surface area contributed by atoms with Crippen LogP contribution in [-0.2, 0) is 0 Å². The van der Waals surface area contributed by atoms with Gasteiger partial charge in [-0.15, -0.1) is 0 Å². The van der Waals surface area contributed by atoms with Gasteiger partial charge in [-0.2, -0.15) is 0 Å². The molecule has 0 aliphatic heterocycles. The molecule has 1 aromatic rings. The van der Waals surface area contributed by atoms with Gasteiger partial charge in [-0.3, -0.25) is 0 Å². The Labute approximate surface area is 78.2 Å². The van der Waals surface area contributed by atoms with E-state index < -0.39 is 0 Å². The summed E-state index contributed by atoms with van der Waals surface area (Å²) in [6.45, 7) is 1.81. The molecule has 70 valence electrons. The maximum atomic E-state index is 8.85. The van der Waals surface area contributed by atoms with Gasteiger partial charge in [0.15, 0.2) is 0 Å². The first-order valence-corrected chi connectivity index (χ1v) is 4.24. The lowest BCUT2D eigenvalue weighted by Crippen LogP contribution is -1.96. The highest BCUT2D eigenvalue weighted by atomic mass is 16.3. The lowest BCUT2D eigenvalue weighted by atomic mass is 10.1. The Bertz CT molecular complexity index is 297. The second-order valence-corrected chi connectivity index (χ2v) is 2.98. The molecule has 0 radical (unpaired) electrons. The van der Waals surface area contributed by atoms with Gasteiger partial charge in [0, 0.05) is 0 Å². The highest BCUT2D eigenvalue weighted by Crippen LogP contribution is 2.11. The third-order valence-corrected chi connectivity index (χ3v) is 1.95. The molecule has 0 aromatic heterocycles. The third kappa shape index (κ3) is 2.68. The summed E-state index contributed by atoms with van der Waals surface area (Å²) in [4.78, 5) is 0. The van der Waals surface area contributed by atoms with Crippen molar-refractivity contribution in [2.24, 2.45) is 0 Å². The van der Waals surface area contributed by atoms with Crippen LogP contribution >= 0.6 is 0 Å². The minimum atomic E-state index is -0.0924. The van der Waals surface area contributed by atoms with Crippen molar-refractivity contribution in [2.45, 2.75) is 6.92 Å². The van der Waals surface area contributed by atoms with Crippen LogP contribution in [-0.4, -0.2) is 23.4 Å². The molecular weight excluding hydrogens is 164 g/mol. The van der Waals surface area contributed by atoms with Crippen molar-refractivity contribution in [3.63, 3.8) is 0 Å². The molecule has 1 rings (SSSR count). The molecule has 0 saturated carbocycles. The molecule has 0 amide bonds. The predicted octanol–water partition coefficient (Wildman–Crippen LogP) is 1.36. The van der Waals surface area contributed by atoms with E-state index in [1.54, 1.807) is 0 Å². The van der Waals surface area contributed by atoms with Gasteiger partial charge < -0.3 is 10.2 Å². The Morgan fingerprint density at radius 1 is 1.23 bits per heavy atom. The van der Waals surface area contributed by atoms with Crippen LogP contribution in [0, 0.1) is 6.92 Å². The Kier molecular flexibility index (Phi) is 3.68. The Morgan fingerprint density at radius 2 is 1.85 bits per heavy atom. The summed E-state index contributed by atoms with van der Waals surface area (Å²) in [6, 6.07) is 7.86. The molecule has 2 nitrogen and oxygen atoms in total. The summed E-state index contributed by atoms with van der Waals surface area (Å²) < 4.78 is 0. The summed E-state index contributed by atoms with van der Waals surface area (Å²) in [5.74, 6) is 0. The van der Waals surface area contributed by atoms with Crippen LogP contribution in [0.15, 0.2) is 29.8 Å². The first kappa shape index (κ1) is 9.96. The zero-order chi connectivity index (χ0) is 9.68. The van der Waals surface area contributed by atoms with Gasteiger partial charge in [0.05, 0.1) is 13.2 Å². The van der Waals surface area contributed by atoms with E-state index in [4.69, 9.17) is 10.2 Å². The molecule has 13 heavy (non-hydrogen) atoms. The molecule has 0 bridgehead atoms. The Morgan fingerprint density at radius 3 is 2.38 bits per heavy atom. The van der Waals surface area contributed by atoms with E-state index in [1.807, 2.05) is 37.3 Å². The van der Waals surface area contributed by atoms with E-state index in [0.29, 0.717) is 5.57 Å². The second-order valence-electron chi connectivity index (χ2n) is 2.98. The third-order valence-electron chi connectivity index (χ3n) is 1.95. The zero-order valence-electron chi connectivity index (χ0n) is 7.70. The van der Waals surface area contributed by atoms with Crippen molar-refractivity contribution >= 4 is 6.08 Å². The van der Waals surface area contributed by atoms with Crippen molar-refractivity contribution in [3.8, 4) is 0 Å². The standard InChI is InChI=1S/C11H14O2/c1-9-4-2-3-5-11(9)6-10(7-12)8-13/h2-6,12-13H,7-8H2,1H3. The molecule has 0 fully saturated rings. The summed E-state index contributed by atoms with van der Waals surface area (Å²) in [6.07, 6.45) is 1.81. The fraction of sp³-hybridized carbons (Fsp3) is 0.273. The highest BCUT2D eigenvalue weighted by Gasteiger charge is 1.96. The summed E-state index contributed by atoms with van der Waals surface area (Å²) in [7, 11) is 0. The minimum absolute atomic E-state index is 0.0924. The quantitative estimate of drug-likeness (QED) is 0.733. The summed E-state index contributed by atoms with van der Waals surface area (Å²) in [5, 5.41) is 17.7. The van der Waals surface area contributed by atoms with Crippen molar-refractivity contribution in [2.75, 3.05) is 13.2 Å². The van der Waals surface area contributed by atoms with E-state index in [-0.39, 0.29) is 13.2 Å². The molecule has 0 unspecified atom stereocenters. The van der Waals surface area contributed by atoms with Crippen LogP contribution in [0.5, 0.6) is 0 Å². The van der Waals surface area contributed by atoms with E-state index in [9.17, 15) is 0 Å². The normalized spacial score (nSPS) is 9.77. The van der Waals surface area contributed by atoms with Crippen molar-refractivity contribution in [1.29, 1.82) is 0 Å². The first-order chi connectivity index (χ1) is 6.27. The lowest BCUT2D eigenvalue weighted by molar-refractivity contribution is 0.278. The average Bonchev–Trinajstić information content (AvgIpc) is 2.17. The number of hydrogen-bond donors (Lipinski definition) is 2. The van der Waals surface area contributed by atoms with Crippen LogP contribution in [0.3, 0.4) is 0 Å². The summed E-state index contributed by atoms with van der Waals surface area (Å²) >= 11 is 0. The van der Waals surface area contributed by atoms with Crippen LogP contribution < -0.4 is 0 Å². The van der Waals surface area contributed by atoms with E-state index in [2.05, 4.69) is 0 Å². The van der Waals surface area contributed by atoms with Gasteiger partial charge in [-0.1, -0.05) is 30.3 Å². The van der Waals surface area contributed by atoms with Gasteiger partial charge in [0.2, 0.25) is 0 Å². The molecule has 2 N–H and O–H groups in total. The molecule has 0 heterocycles. The molecule has 0 aliphatic carbocycles. The fourth-order valence-corrected chi connectivity index (χ4v) is 1.11. The molecule has 2 heteroatoms. The Balaban J connectivity index is 2.95. The molecular formula is C11H14O2. The number of rotatable bonds is 3. The van der Waals surface area contributed by atoms with Gasteiger partial charge in [0.1, 0.15) is 0 Å². The maximum Gasteiger partial charge on any atom is 0.0667 e. The van der Waals surface area contributed by atoms with Crippen molar-refractivity contribution in [3.05, 3.63) is 41.0 Å². The maximum absolute atomic E-state index is 8.85. The predicted molar refractivity (Wildman–Crippen MR) is 53.3 cm³/mol. The van der Waals surface area contributed by atoms with Gasteiger partial charge in [-0.05, 0) is 23.6 Å². The minimum Gasteiger partial charge on any atom is -0.392 e. The number of hydrogen-bond acceptors (Lipinski definition) is 2. The van der Waals surface area contributed by atoms with Gasteiger partial charge in [-0.25, -0.2) is 0 Å². The topological polar surface area (TPSA) is 40.5 Å². The van der Waals surface area contributed by atoms with Crippen LogP contribution in [0.1, 0.15) is 11.1 Å². The number of benzene rings is 1. The van der Waals surface area contributed by atoms with E-state index in [1.165, 1.54) is 0 Å². The van der Waals surface area contributed by atoms with Crippen LogP contribution in [0.25, 0.3) is 6.08 Å². The summed E-state index contributed by atoms with van der Waals surface area (Å²) in [5.41, 5.74) is 2.82. The van der Waals surface area contributed by atoms with E-state index >= 15 is 0 Å². The first-order valence-electron chi connectivity index (χ1n) is 4.24. The van der Waals surface area contributed by atoms with Crippen LogP contribution in [0.4, 0.5) is 0 Å². The second kappa shape index (κ2) is 4.80. The van der Waals surface area contributed by atoms with Crippen LogP contribution in [0.2, 0.25) is 0 Å².